The molecule has 1 heterocycles. The van der Waals surface area contributed by atoms with Crippen LogP contribution in [0.4, 0.5) is 0 Å². The largest absolute Gasteiger partial charge is 0.497 e. The van der Waals surface area contributed by atoms with Crippen LogP contribution in [0.15, 0.2) is 54.6 Å². The van der Waals surface area contributed by atoms with Crippen molar-refractivity contribution in [1.82, 2.24) is 10.2 Å². The Bertz CT molecular complexity index is 884. The molecule has 28 heavy (non-hydrogen) atoms. The standard InChI is InChI=1S/C21H26N2O3S2/c1-26-20-9-7-18(8-10-20)15-23(19-12-14-28(24,25)16-19)21(27)22-13-11-17-5-3-2-4-6-17/h2-10,19H,11-16H2,1H3,(H,22,27)/t19-/m0/s1. The van der Waals surface area contributed by atoms with Crippen molar-refractivity contribution in [3.63, 3.8) is 0 Å². The Balaban J connectivity index is 1.66. The van der Waals surface area contributed by atoms with Gasteiger partial charge in [0.1, 0.15) is 5.75 Å². The molecule has 2 aromatic rings. The van der Waals surface area contributed by atoms with Crippen molar-refractivity contribution in [2.75, 3.05) is 25.2 Å². The van der Waals surface area contributed by atoms with Crippen LogP contribution in [0.5, 0.6) is 5.75 Å². The molecule has 0 saturated carbocycles. The number of thiocarbonyl (C=S) groups is 1. The van der Waals surface area contributed by atoms with Gasteiger partial charge in [-0.1, -0.05) is 42.5 Å². The molecule has 2 aromatic carbocycles. The summed E-state index contributed by atoms with van der Waals surface area (Å²) in [5.74, 6) is 1.18. The molecule has 0 unspecified atom stereocenters. The maximum atomic E-state index is 12.0. The molecule has 0 amide bonds. The fourth-order valence-electron chi connectivity index (χ4n) is 3.38. The predicted molar refractivity (Wildman–Crippen MR) is 116 cm³/mol. The Kier molecular flexibility index (Phi) is 6.91. The summed E-state index contributed by atoms with van der Waals surface area (Å²) in [7, 11) is -1.35. The Morgan fingerprint density at radius 3 is 2.46 bits per heavy atom. The van der Waals surface area contributed by atoms with Gasteiger partial charge in [0.05, 0.1) is 18.6 Å². The molecular formula is C21H26N2O3S2. The fourth-order valence-corrected chi connectivity index (χ4v) is 5.42. The molecule has 1 aliphatic rings. The van der Waals surface area contributed by atoms with Crippen LogP contribution in [-0.4, -0.2) is 49.6 Å². The highest BCUT2D eigenvalue weighted by Crippen LogP contribution is 2.21. The van der Waals surface area contributed by atoms with Gasteiger partial charge in [-0.2, -0.15) is 0 Å². The highest BCUT2D eigenvalue weighted by atomic mass is 32.2. The third-order valence-electron chi connectivity index (χ3n) is 4.95. The van der Waals surface area contributed by atoms with Crippen LogP contribution in [0, 0.1) is 0 Å². The number of methoxy groups -OCH3 is 1. The Labute approximate surface area is 172 Å². The van der Waals surface area contributed by atoms with Crippen LogP contribution >= 0.6 is 12.2 Å². The third kappa shape index (κ3) is 5.69. The normalized spacial score (nSPS) is 17.8. The summed E-state index contributed by atoms with van der Waals surface area (Å²) in [4.78, 5) is 2.02. The van der Waals surface area contributed by atoms with E-state index in [2.05, 4.69) is 17.4 Å². The zero-order chi connectivity index (χ0) is 20.0. The number of nitrogens with zero attached hydrogens (tertiary/aromatic N) is 1. The molecule has 1 atom stereocenters. The number of nitrogens with one attached hydrogen (secondary N) is 1. The molecule has 1 fully saturated rings. The third-order valence-corrected chi connectivity index (χ3v) is 7.08. The zero-order valence-corrected chi connectivity index (χ0v) is 17.6. The average Bonchev–Trinajstić information content (AvgIpc) is 3.06. The van der Waals surface area contributed by atoms with E-state index in [9.17, 15) is 8.42 Å². The predicted octanol–water partition coefficient (Wildman–Crippen LogP) is 2.80. The van der Waals surface area contributed by atoms with Crippen molar-refractivity contribution >= 4 is 27.2 Å². The van der Waals surface area contributed by atoms with Gasteiger partial charge < -0.3 is 15.0 Å². The molecule has 3 rings (SSSR count). The minimum Gasteiger partial charge on any atom is -0.497 e. The lowest BCUT2D eigenvalue weighted by Crippen LogP contribution is -2.46. The maximum Gasteiger partial charge on any atom is 0.169 e. The highest BCUT2D eigenvalue weighted by molar-refractivity contribution is 7.91. The molecule has 150 valence electrons. The van der Waals surface area contributed by atoms with Gasteiger partial charge in [-0.15, -0.1) is 0 Å². The van der Waals surface area contributed by atoms with Crippen LogP contribution in [0.25, 0.3) is 0 Å². The smallest absolute Gasteiger partial charge is 0.169 e. The molecule has 1 aliphatic heterocycles. The van der Waals surface area contributed by atoms with E-state index >= 15 is 0 Å². The number of ether oxygens (including phenoxy) is 1. The number of rotatable bonds is 7. The van der Waals surface area contributed by atoms with Crippen molar-refractivity contribution in [3.05, 3.63) is 65.7 Å². The first-order valence-corrected chi connectivity index (χ1v) is 11.6. The first-order valence-electron chi connectivity index (χ1n) is 9.38. The number of hydrogen-bond donors (Lipinski definition) is 1. The molecule has 5 nitrogen and oxygen atoms in total. The van der Waals surface area contributed by atoms with Crippen molar-refractivity contribution in [2.24, 2.45) is 0 Å². The van der Waals surface area contributed by atoms with Gasteiger partial charge in [-0.25, -0.2) is 8.42 Å². The molecule has 1 N–H and O–H groups in total. The maximum absolute atomic E-state index is 12.0. The lowest BCUT2D eigenvalue weighted by atomic mass is 10.1. The summed E-state index contributed by atoms with van der Waals surface area (Å²) in [6.07, 6.45) is 1.47. The lowest BCUT2D eigenvalue weighted by Gasteiger charge is -2.31. The molecule has 0 radical (unpaired) electrons. The summed E-state index contributed by atoms with van der Waals surface area (Å²) in [6.45, 7) is 1.28. The van der Waals surface area contributed by atoms with Crippen molar-refractivity contribution in [2.45, 2.75) is 25.4 Å². The minimum atomic E-state index is -2.99. The zero-order valence-electron chi connectivity index (χ0n) is 16.0. The molecule has 0 spiro atoms. The first kappa shape index (κ1) is 20.6. The molecule has 0 aliphatic carbocycles. The second kappa shape index (κ2) is 9.39. The summed E-state index contributed by atoms with van der Waals surface area (Å²) in [5, 5.41) is 3.92. The van der Waals surface area contributed by atoms with E-state index in [1.165, 1.54) is 5.56 Å². The summed E-state index contributed by atoms with van der Waals surface area (Å²) >= 11 is 5.65. The molecule has 7 heteroatoms. The van der Waals surface area contributed by atoms with E-state index in [0.717, 1.165) is 17.7 Å². The van der Waals surface area contributed by atoms with E-state index < -0.39 is 9.84 Å². The minimum absolute atomic E-state index is 0.0937. The van der Waals surface area contributed by atoms with Crippen LogP contribution in [-0.2, 0) is 22.8 Å². The molecule has 0 aromatic heterocycles. The van der Waals surface area contributed by atoms with Gasteiger partial charge >= 0.3 is 0 Å². The van der Waals surface area contributed by atoms with Crippen molar-refractivity contribution in [3.8, 4) is 5.75 Å². The lowest BCUT2D eigenvalue weighted by molar-refractivity contribution is 0.322. The summed E-state index contributed by atoms with van der Waals surface area (Å²) in [5.41, 5.74) is 2.31. The Morgan fingerprint density at radius 2 is 1.86 bits per heavy atom. The number of benzene rings is 2. The molecule has 0 bridgehead atoms. The van der Waals surface area contributed by atoms with Crippen molar-refractivity contribution in [1.29, 1.82) is 0 Å². The number of sulfone groups is 1. The Hall–Kier alpha value is -2.12. The molecular weight excluding hydrogens is 392 g/mol. The Morgan fingerprint density at radius 1 is 1.14 bits per heavy atom. The van der Waals surface area contributed by atoms with E-state index in [1.807, 2.05) is 47.4 Å². The van der Waals surface area contributed by atoms with E-state index in [0.29, 0.717) is 24.6 Å². The fraction of sp³-hybridized carbons (Fsp3) is 0.381. The number of hydrogen-bond acceptors (Lipinski definition) is 4. The SMILES string of the molecule is COc1ccc(CN(C(=S)NCCc2ccccc2)[C@H]2CCS(=O)(=O)C2)cc1. The average molecular weight is 419 g/mol. The van der Waals surface area contributed by atoms with Crippen LogP contribution in [0.3, 0.4) is 0 Å². The van der Waals surface area contributed by atoms with Gasteiger partial charge in [0.15, 0.2) is 14.9 Å². The highest BCUT2D eigenvalue weighted by Gasteiger charge is 2.33. The van der Waals surface area contributed by atoms with Gasteiger partial charge in [-0.3, -0.25) is 0 Å². The summed E-state index contributed by atoms with van der Waals surface area (Å²) < 4.78 is 29.2. The van der Waals surface area contributed by atoms with Crippen LogP contribution < -0.4 is 10.1 Å². The summed E-state index contributed by atoms with van der Waals surface area (Å²) in [6, 6.07) is 17.9. The van der Waals surface area contributed by atoms with Crippen LogP contribution in [0.2, 0.25) is 0 Å². The van der Waals surface area contributed by atoms with E-state index in [1.54, 1.807) is 7.11 Å². The van der Waals surface area contributed by atoms with Gasteiger partial charge in [-0.05, 0) is 48.3 Å². The topological polar surface area (TPSA) is 58.6 Å². The second-order valence-corrected chi connectivity index (χ2v) is 9.62. The van der Waals surface area contributed by atoms with Crippen molar-refractivity contribution < 1.29 is 13.2 Å². The second-order valence-electron chi connectivity index (χ2n) is 7.00. The van der Waals surface area contributed by atoms with Gasteiger partial charge in [0, 0.05) is 19.1 Å². The van der Waals surface area contributed by atoms with Crippen LogP contribution in [0.1, 0.15) is 17.5 Å². The monoisotopic (exact) mass is 418 g/mol. The first-order chi connectivity index (χ1) is 13.5. The van der Waals surface area contributed by atoms with Gasteiger partial charge in [0.2, 0.25) is 0 Å². The quantitative estimate of drug-likeness (QED) is 0.698. The van der Waals surface area contributed by atoms with Gasteiger partial charge in [0.25, 0.3) is 0 Å². The molecule has 1 saturated heterocycles. The van der Waals surface area contributed by atoms with E-state index in [4.69, 9.17) is 17.0 Å². The van der Waals surface area contributed by atoms with E-state index in [-0.39, 0.29) is 17.5 Å².